The van der Waals surface area contributed by atoms with E-state index in [9.17, 15) is 4.79 Å². The summed E-state index contributed by atoms with van der Waals surface area (Å²) in [6, 6.07) is 7.05. The van der Waals surface area contributed by atoms with Crippen LogP contribution in [-0.4, -0.2) is 40.8 Å². The predicted molar refractivity (Wildman–Crippen MR) is 84.0 cm³/mol. The molecule has 0 bridgehead atoms. The highest BCUT2D eigenvalue weighted by Gasteiger charge is 2.31. The fourth-order valence-corrected chi connectivity index (χ4v) is 3.12. The molecule has 0 spiro atoms. The standard InChI is InChI=1S/C16H18ClN3O2/c1-19-7-12-8-20(9-13(10-22-2)15(12)18-19)16(21)11-4-3-5-14(17)6-11/h3-7,13H,8-10H2,1-2H3. The van der Waals surface area contributed by atoms with Crippen LogP contribution in [0.2, 0.25) is 5.02 Å². The van der Waals surface area contributed by atoms with E-state index in [-0.39, 0.29) is 11.8 Å². The molecule has 2 aromatic rings. The van der Waals surface area contributed by atoms with E-state index in [4.69, 9.17) is 16.3 Å². The normalized spacial score (nSPS) is 17.4. The first-order chi connectivity index (χ1) is 10.6. The minimum absolute atomic E-state index is 0.0156. The van der Waals surface area contributed by atoms with Gasteiger partial charge in [0.05, 0.1) is 12.3 Å². The number of hydrogen-bond donors (Lipinski definition) is 0. The summed E-state index contributed by atoms with van der Waals surface area (Å²) in [6.07, 6.45) is 1.97. The number of nitrogens with zero attached hydrogens (tertiary/aromatic N) is 3. The average Bonchev–Trinajstić information content (AvgIpc) is 2.87. The molecule has 0 saturated heterocycles. The topological polar surface area (TPSA) is 47.4 Å². The highest BCUT2D eigenvalue weighted by Crippen LogP contribution is 2.28. The fourth-order valence-electron chi connectivity index (χ4n) is 2.93. The van der Waals surface area contributed by atoms with E-state index >= 15 is 0 Å². The first-order valence-electron chi connectivity index (χ1n) is 7.14. The molecule has 6 heteroatoms. The van der Waals surface area contributed by atoms with Gasteiger partial charge >= 0.3 is 0 Å². The van der Waals surface area contributed by atoms with Gasteiger partial charge in [0.15, 0.2) is 0 Å². The number of benzene rings is 1. The van der Waals surface area contributed by atoms with Crippen LogP contribution in [0.25, 0.3) is 0 Å². The van der Waals surface area contributed by atoms with Gasteiger partial charge in [-0.1, -0.05) is 17.7 Å². The van der Waals surface area contributed by atoms with Crippen LogP contribution in [0.4, 0.5) is 0 Å². The van der Waals surface area contributed by atoms with Crippen molar-refractivity contribution in [1.82, 2.24) is 14.7 Å². The summed E-state index contributed by atoms with van der Waals surface area (Å²) < 4.78 is 7.08. The van der Waals surface area contributed by atoms with Crippen LogP contribution in [0, 0.1) is 0 Å². The number of fused-ring (bicyclic) bond motifs is 1. The van der Waals surface area contributed by atoms with Crippen molar-refractivity contribution < 1.29 is 9.53 Å². The minimum atomic E-state index is -0.0156. The summed E-state index contributed by atoms with van der Waals surface area (Å²) in [6.45, 7) is 1.71. The van der Waals surface area contributed by atoms with E-state index < -0.39 is 0 Å². The molecule has 1 atom stereocenters. The van der Waals surface area contributed by atoms with Crippen molar-refractivity contribution in [2.75, 3.05) is 20.3 Å². The Labute approximate surface area is 134 Å². The molecule has 1 aliphatic rings. The van der Waals surface area contributed by atoms with E-state index in [0.29, 0.717) is 30.3 Å². The van der Waals surface area contributed by atoms with Gasteiger partial charge in [-0.2, -0.15) is 5.10 Å². The molecule has 1 aromatic carbocycles. The first kappa shape index (κ1) is 15.1. The SMILES string of the molecule is COCC1CN(C(=O)c2cccc(Cl)c2)Cc2cn(C)nc21. The third-order valence-electron chi connectivity index (χ3n) is 3.85. The number of ether oxygens (including phenoxy) is 1. The number of carbonyl (C=O) groups is 1. The van der Waals surface area contributed by atoms with Crippen LogP contribution in [0.5, 0.6) is 0 Å². The number of aryl methyl sites for hydroxylation is 1. The number of methoxy groups -OCH3 is 1. The van der Waals surface area contributed by atoms with Crippen LogP contribution in [0.15, 0.2) is 30.5 Å². The van der Waals surface area contributed by atoms with Gasteiger partial charge in [-0.05, 0) is 18.2 Å². The summed E-state index contributed by atoms with van der Waals surface area (Å²) >= 11 is 5.99. The Hall–Kier alpha value is -1.85. The van der Waals surface area contributed by atoms with Crippen molar-refractivity contribution >= 4 is 17.5 Å². The molecule has 116 valence electrons. The maximum atomic E-state index is 12.7. The van der Waals surface area contributed by atoms with Crippen molar-refractivity contribution in [1.29, 1.82) is 0 Å². The van der Waals surface area contributed by atoms with Crippen molar-refractivity contribution in [3.8, 4) is 0 Å². The number of amides is 1. The second kappa shape index (κ2) is 6.10. The van der Waals surface area contributed by atoms with Gasteiger partial charge in [0, 0.05) is 55.5 Å². The Balaban J connectivity index is 1.88. The predicted octanol–water partition coefficient (Wildman–Crippen LogP) is 2.46. The molecule has 3 rings (SSSR count). The van der Waals surface area contributed by atoms with Gasteiger partial charge in [0.1, 0.15) is 0 Å². The van der Waals surface area contributed by atoms with Crippen LogP contribution in [0.3, 0.4) is 0 Å². The van der Waals surface area contributed by atoms with Crippen LogP contribution in [0.1, 0.15) is 27.5 Å². The summed E-state index contributed by atoms with van der Waals surface area (Å²) in [5, 5.41) is 5.08. The first-order valence-corrected chi connectivity index (χ1v) is 7.52. The van der Waals surface area contributed by atoms with Crippen molar-refractivity contribution in [2.45, 2.75) is 12.5 Å². The molecule has 0 aliphatic carbocycles. The van der Waals surface area contributed by atoms with E-state index in [1.807, 2.05) is 18.1 Å². The van der Waals surface area contributed by atoms with Crippen molar-refractivity contribution in [2.24, 2.45) is 7.05 Å². The quantitative estimate of drug-likeness (QED) is 0.873. The van der Waals surface area contributed by atoms with Crippen LogP contribution in [-0.2, 0) is 18.3 Å². The monoisotopic (exact) mass is 319 g/mol. The lowest BCUT2D eigenvalue weighted by molar-refractivity contribution is 0.0678. The fraction of sp³-hybridized carbons (Fsp3) is 0.375. The molecule has 1 aromatic heterocycles. The van der Waals surface area contributed by atoms with Crippen LogP contribution < -0.4 is 0 Å². The van der Waals surface area contributed by atoms with Gasteiger partial charge in [0.2, 0.25) is 0 Å². The molecule has 22 heavy (non-hydrogen) atoms. The van der Waals surface area contributed by atoms with Gasteiger partial charge in [0.25, 0.3) is 5.91 Å². The second-order valence-electron chi connectivity index (χ2n) is 5.56. The van der Waals surface area contributed by atoms with E-state index in [0.717, 1.165) is 11.3 Å². The lowest BCUT2D eigenvalue weighted by Gasteiger charge is -2.31. The highest BCUT2D eigenvalue weighted by atomic mass is 35.5. The molecule has 1 aliphatic heterocycles. The smallest absolute Gasteiger partial charge is 0.254 e. The Bertz CT molecular complexity index is 698. The van der Waals surface area contributed by atoms with Gasteiger partial charge < -0.3 is 9.64 Å². The Morgan fingerprint density at radius 2 is 2.32 bits per heavy atom. The zero-order valence-electron chi connectivity index (χ0n) is 12.6. The van der Waals surface area contributed by atoms with E-state index in [1.165, 1.54) is 0 Å². The molecule has 5 nitrogen and oxygen atoms in total. The van der Waals surface area contributed by atoms with Crippen LogP contribution >= 0.6 is 11.6 Å². The lowest BCUT2D eigenvalue weighted by Crippen LogP contribution is -2.39. The van der Waals surface area contributed by atoms with Crippen molar-refractivity contribution in [3.63, 3.8) is 0 Å². The second-order valence-corrected chi connectivity index (χ2v) is 6.00. The average molecular weight is 320 g/mol. The highest BCUT2D eigenvalue weighted by molar-refractivity contribution is 6.30. The molecule has 2 heterocycles. The molecular weight excluding hydrogens is 302 g/mol. The summed E-state index contributed by atoms with van der Waals surface area (Å²) in [5.74, 6) is 0.0798. The third kappa shape index (κ3) is 2.87. The van der Waals surface area contributed by atoms with Gasteiger partial charge in [-0.15, -0.1) is 0 Å². The molecule has 0 fully saturated rings. The minimum Gasteiger partial charge on any atom is -0.384 e. The largest absolute Gasteiger partial charge is 0.384 e. The summed E-state index contributed by atoms with van der Waals surface area (Å²) in [5.41, 5.74) is 2.71. The Kier molecular flexibility index (Phi) is 4.18. The van der Waals surface area contributed by atoms with E-state index in [1.54, 1.807) is 36.1 Å². The summed E-state index contributed by atoms with van der Waals surface area (Å²) in [7, 11) is 3.56. The molecule has 0 saturated carbocycles. The number of rotatable bonds is 3. The Morgan fingerprint density at radius 3 is 3.05 bits per heavy atom. The van der Waals surface area contributed by atoms with Crippen molar-refractivity contribution in [3.05, 3.63) is 52.3 Å². The number of hydrogen-bond acceptors (Lipinski definition) is 3. The molecule has 1 unspecified atom stereocenters. The Morgan fingerprint density at radius 1 is 1.50 bits per heavy atom. The number of carbonyl (C=O) groups excluding carboxylic acids is 1. The number of aromatic nitrogens is 2. The molecule has 1 amide bonds. The molecular formula is C16H18ClN3O2. The van der Waals surface area contributed by atoms with Gasteiger partial charge in [-0.3, -0.25) is 9.48 Å². The molecule has 0 radical (unpaired) electrons. The zero-order valence-corrected chi connectivity index (χ0v) is 13.4. The zero-order chi connectivity index (χ0) is 15.7. The lowest BCUT2D eigenvalue weighted by atomic mass is 9.96. The molecule has 0 N–H and O–H groups in total. The third-order valence-corrected chi connectivity index (χ3v) is 4.09. The maximum Gasteiger partial charge on any atom is 0.254 e. The number of halogens is 1. The van der Waals surface area contributed by atoms with Gasteiger partial charge in [-0.25, -0.2) is 0 Å². The maximum absolute atomic E-state index is 12.7. The summed E-state index contributed by atoms with van der Waals surface area (Å²) in [4.78, 5) is 14.6. The van der Waals surface area contributed by atoms with E-state index in [2.05, 4.69) is 5.10 Å².